The molecule has 0 radical (unpaired) electrons. The summed E-state index contributed by atoms with van der Waals surface area (Å²) in [7, 11) is 0. The number of nitrogens with one attached hydrogen (secondary N) is 2. The van der Waals surface area contributed by atoms with Gasteiger partial charge in [0.05, 0.1) is 0 Å². The van der Waals surface area contributed by atoms with Crippen molar-refractivity contribution in [2.24, 2.45) is 4.99 Å². The summed E-state index contributed by atoms with van der Waals surface area (Å²) in [5, 5.41) is 6.13. The van der Waals surface area contributed by atoms with Crippen molar-refractivity contribution in [3.63, 3.8) is 0 Å². The van der Waals surface area contributed by atoms with E-state index >= 15 is 0 Å². The molecule has 0 aromatic carbocycles. The van der Waals surface area contributed by atoms with Crippen LogP contribution < -0.4 is 10.6 Å². The van der Waals surface area contributed by atoms with Gasteiger partial charge in [0.15, 0.2) is 5.96 Å². The molecule has 0 aromatic rings. The van der Waals surface area contributed by atoms with Crippen molar-refractivity contribution in [1.82, 2.24) is 15.5 Å². The Labute approximate surface area is 103 Å². The van der Waals surface area contributed by atoms with Crippen LogP contribution in [0.5, 0.6) is 0 Å². The van der Waals surface area contributed by atoms with Gasteiger partial charge in [0.25, 0.3) is 5.91 Å². The normalized spacial score (nSPS) is 31.9. The fraction of sp³-hybridized carbons (Fsp3) is 0.833. The highest BCUT2D eigenvalue weighted by Crippen LogP contribution is 2.25. The Bertz CT molecular complexity index is 350. The SMILES string of the molecule is CC(C)N=C1NC(=O)C2(CCN(C(C)C)C2)N1. The summed E-state index contributed by atoms with van der Waals surface area (Å²) < 4.78 is 0. The van der Waals surface area contributed by atoms with E-state index in [0.717, 1.165) is 19.5 Å². The molecule has 0 aromatic heterocycles. The minimum Gasteiger partial charge on any atom is -0.340 e. The predicted molar refractivity (Wildman–Crippen MR) is 67.9 cm³/mol. The van der Waals surface area contributed by atoms with E-state index in [2.05, 4.69) is 34.4 Å². The first-order valence-electron chi connectivity index (χ1n) is 6.34. The van der Waals surface area contributed by atoms with Crippen LogP contribution in [0.15, 0.2) is 4.99 Å². The molecular formula is C12H22N4O. The number of carbonyl (C=O) groups is 1. The topological polar surface area (TPSA) is 56.7 Å². The Hall–Kier alpha value is -1.10. The lowest BCUT2D eigenvalue weighted by Crippen LogP contribution is -2.49. The van der Waals surface area contributed by atoms with Gasteiger partial charge in [0.2, 0.25) is 0 Å². The molecule has 1 amide bonds. The van der Waals surface area contributed by atoms with Gasteiger partial charge in [-0.25, -0.2) is 0 Å². The summed E-state index contributed by atoms with van der Waals surface area (Å²) in [5.41, 5.74) is -0.446. The van der Waals surface area contributed by atoms with Crippen LogP contribution in [0.1, 0.15) is 34.1 Å². The molecule has 2 heterocycles. The van der Waals surface area contributed by atoms with E-state index < -0.39 is 5.54 Å². The van der Waals surface area contributed by atoms with Crippen LogP contribution in [0.2, 0.25) is 0 Å². The third-order valence-electron chi connectivity index (χ3n) is 3.44. The number of rotatable bonds is 2. The fourth-order valence-corrected chi connectivity index (χ4v) is 2.43. The zero-order valence-electron chi connectivity index (χ0n) is 11.1. The highest BCUT2D eigenvalue weighted by Gasteiger charge is 2.50. The van der Waals surface area contributed by atoms with Crippen LogP contribution >= 0.6 is 0 Å². The maximum absolute atomic E-state index is 12.1. The van der Waals surface area contributed by atoms with E-state index in [9.17, 15) is 4.79 Å². The van der Waals surface area contributed by atoms with E-state index in [4.69, 9.17) is 0 Å². The Morgan fingerprint density at radius 3 is 2.59 bits per heavy atom. The van der Waals surface area contributed by atoms with Crippen LogP contribution in [-0.2, 0) is 4.79 Å². The van der Waals surface area contributed by atoms with Gasteiger partial charge in [-0.3, -0.25) is 20.0 Å². The lowest BCUT2D eigenvalue weighted by Gasteiger charge is -2.24. The Kier molecular flexibility index (Phi) is 3.12. The molecule has 2 aliphatic heterocycles. The molecule has 17 heavy (non-hydrogen) atoms. The molecule has 1 atom stereocenters. The van der Waals surface area contributed by atoms with Crippen molar-refractivity contribution >= 4 is 11.9 Å². The number of hydrogen-bond acceptors (Lipinski definition) is 3. The highest BCUT2D eigenvalue weighted by molar-refractivity contribution is 6.09. The Morgan fingerprint density at radius 2 is 2.06 bits per heavy atom. The lowest BCUT2D eigenvalue weighted by molar-refractivity contribution is -0.123. The maximum Gasteiger partial charge on any atom is 0.253 e. The average molecular weight is 238 g/mol. The maximum atomic E-state index is 12.1. The molecular weight excluding hydrogens is 216 g/mol. The zero-order valence-corrected chi connectivity index (χ0v) is 11.1. The summed E-state index contributed by atoms with van der Waals surface area (Å²) >= 11 is 0. The van der Waals surface area contributed by atoms with E-state index in [1.54, 1.807) is 0 Å². The van der Waals surface area contributed by atoms with Crippen molar-refractivity contribution in [1.29, 1.82) is 0 Å². The third-order valence-corrected chi connectivity index (χ3v) is 3.44. The third kappa shape index (κ3) is 2.29. The monoisotopic (exact) mass is 238 g/mol. The van der Waals surface area contributed by atoms with Gasteiger partial charge in [0.1, 0.15) is 5.54 Å². The van der Waals surface area contributed by atoms with Crippen LogP contribution in [0.4, 0.5) is 0 Å². The molecule has 0 bridgehead atoms. The molecule has 2 fully saturated rings. The van der Waals surface area contributed by atoms with Crippen LogP contribution in [0.25, 0.3) is 0 Å². The number of nitrogens with zero attached hydrogens (tertiary/aromatic N) is 2. The number of hydrogen-bond donors (Lipinski definition) is 2. The van der Waals surface area contributed by atoms with Crippen molar-refractivity contribution in [3.05, 3.63) is 0 Å². The number of carbonyl (C=O) groups excluding carboxylic acids is 1. The molecule has 96 valence electrons. The van der Waals surface area contributed by atoms with Crippen LogP contribution in [0.3, 0.4) is 0 Å². The van der Waals surface area contributed by atoms with Crippen molar-refractivity contribution in [2.75, 3.05) is 13.1 Å². The minimum absolute atomic E-state index is 0.0695. The van der Waals surface area contributed by atoms with Gasteiger partial charge in [-0.15, -0.1) is 0 Å². The summed E-state index contributed by atoms with van der Waals surface area (Å²) in [4.78, 5) is 18.8. The molecule has 0 aliphatic carbocycles. The molecule has 0 saturated carbocycles. The summed E-state index contributed by atoms with van der Waals surface area (Å²) in [6.45, 7) is 10.1. The Morgan fingerprint density at radius 1 is 1.35 bits per heavy atom. The van der Waals surface area contributed by atoms with Crippen molar-refractivity contribution in [3.8, 4) is 0 Å². The van der Waals surface area contributed by atoms with E-state index in [1.807, 2.05) is 13.8 Å². The van der Waals surface area contributed by atoms with E-state index in [0.29, 0.717) is 12.0 Å². The number of aliphatic imine (C=N–C) groups is 1. The molecule has 5 nitrogen and oxygen atoms in total. The molecule has 5 heteroatoms. The summed E-state index contributed by atoms with van der Waals surface area (Å²) in [5.74, 6) is 0.704. The van der Waals surface area contributed by atoms with Crippen molar-refractivity contribution < 1.29 is 4.79 Å². The molecule has 2 N–H and O–H groups in total. The number of amides is 1. The fourth-order valence-electron chi connectivity index (χ4n) is 2.43. The molecule has 1 unspecified atom stereocenters. The number of likely N-dealkylation sites (tertiary alicyclic amines) is 1. The van der Waals surface area contributed by atoms with Gasteiger partial charge in [-0.1, -0.05) is 0 Å². The first-order valence-corrected chi connectivity index (χ1v) is 6.34. The number of guanidine groups is 1. The van der Waals surface area contributed by atoms with Gasteiger partial charge >= 0.3 is 0 Å². The van der Waals surface area contributed by atoms with E-state index in [1.165, 1.54) is 0 Å². The first-order chi connectivity index (χ1) is 7.93. The highest BCUT2D eigenvalue weighted by atomic mass is 16.2. The molecule has 2 aliphatic rings. The lowest BCUT2D eigenvalue weighted by atomic mass is 9.99. The standard InChI is InChI=1S/C12H22N4O/c1-8(2)13-11-14-10(17)12(15-11)5-6-16(7-12)9(3)4/h8-9H,5-7H2,1-4H3,(H2,13,14,15,17). The van der Waals surface area contributed by atoms with Gasteiger partial charge in [0, 0.05) is 25.2 Å². The van der Waals surface area contributed by atoms with E-state index in [-0.39, 0.29) is 11.9 Å². The quantitative estimate of drug-likeness (QED) is 0.728. The second kappa shape index (κ2) is 4.29. The van der Waals surface area contributed by atoms with Crippen molar-refractivity contribution in [2.45, 2.75) is 51.7 Å². The second-order valence-corrected chi connectivity index (χ2v) is 5.55. The smallest absolute Gasteiger partial charge is 0.253 e. The second-order valence-electron chi connectivity index (χ2n) is 5.55. The molecule has 2 rings (SSSR count). The predicted octanol–water partition coefficient (Wildman–Crippen LogP) is 0.323. The average Bonchev–Trinajstić information content (AvgIpc) is 2.73. The summed E-state index contributed by atoms with van der Waals surface area (Å²) in [6.07, 6.45) is 0.855. The van der Waals surface area contributed by atoms with Gasteiger partial charge in [-0.05, 0) is 34.1 Å². The largest absolute Gasteiger partial charge is 0.340 e. The van der Waals surface area contributed by atoms with Crippen LogP contribution in [-0.4, -0.2) is 47.5 Å². The zero-order chi connectivity index (χ0) is 12.6. The molecule has 2 saturated heterocycles. The first kappa shape index (κ1) is 12.4. The van der Waals surface area contributed by atoms with Gasteiger partial charge in [-0.2, -0.15) is 0 Å². The minimum atomic E-state index is -0.446. The van der Waals surface area contributed by atoms with Crippen LogP contribution in [0, 0.1) is 0 Å². The Balaban J connectivity index is 2.11. The summed E-state index contributed by atoms with van der Waals surface area (Å²) in [6, 6.07) is 0.672. The van der Waals surface area contributed by atoms with Gasteiger partial charge < -0.3 is 5.32 Å². The molecule has 1 spiro atoms.